The van der Waals surface area contributed by atoms with Gasteiger partial charge in [-0.1, -0.05) is 44.2 Å². The Bertz CT molecular complexity index is 1710. The van der Waals surface area contributed by atoms with Gasteiger partial charge in [0.2, 0.25) is 11.8 Å². The molecule has 3 aliphatic rings. The zero-order valence-electron chi connectivity index (χ0n) is 20.9. The van der Waals surface area contributed by atoms with Gasteiger partial charge in [0, 0.05) is 11.6 Å². The van der Waals surface area contributed by atoms with E-state index >= 15 is 0 Å². The summed E-state index contributed by atoms with van der Waals surface area (Å²) in [5.74, 6) is -1.97. The molecule has 4 aromatic rings. The molecule has 4 heterocycles. The van der Waals surface area contributed by atoms with Gasteiger partial charge in [0.1, 0.15) is 17.2 Å². The maximum atomic E-state index is 14.3. The van der Waals surface area contributed by atoms with Crippen molar-refractivity contribution in [1.29, 1.82) is 0 Å². The van der Waals surface area contributed by atoms with Crippen molar-refractivity contribution in [3.63, 3.8) is 0 Å². The number of nitrogens with one attached hydrogen (secondary N) is 1. The fourth-order valence-corrected chi connectivity index (χ4v) is 6.77. The number of carbonyl (C=O) groups is 2. The number of hydrogen-bond acceptors (Lipinski definition) is 5. The summed E-state index contributed by atoms with van der Waals surface area (Å²) in [5, 5.41) is 4.18. The lowest BCUT2D eigenvalue weighted by Gasteiger charge is -2.32. The summed E-state index contributed by atoms with van der Waals surface area (Å²) in [6.45, 7) is 4.15. The lowest BCUT2D eigenvalue weighted by Crippen LogP contribution is -2.50. The highest BCUT2D eigenvalue weighted by molar-refractivity contribution is 6.23. The summed E-state index contributed by atoms with van der Waals surface area (Å²) in [6.07, 6.45) is 0.652. The number of para-hydroxylation sites is 2. The summed E-state index contributed by atoms with van der Waals surface area (Å²) < 4.78 is 15.3. The molecule has 2 saturated heterocycles. The number of anilines is 1. The number of carbonyl (C=O) groups excluding carboxylic acids is 2. The number of benzene rings is 3. The molecule has 3 aromatic carbocycles. The quantitative estimate of drug-likeness (QED) is 0.425. The van der Waals surface area contributed by atoms with E-state index in [1.807, 2.05) is 30.3 Å². The second kappa shape index (κ2) is 7.91. The minimum atomic E-state index is -1.18. The van der Waals surface area contributed by atoms with Gasteiger partial charge in [0.25, 0.3) is 5.56 Å². The maximum Gasteiger partial charge on any atom is 0.266 e. The average molecular weight is 509 g/mol. The Morgan fingerprint density at radius 2 is 1.66 bits per heavy atom. The molecule has 7 rings (SSSR count). The van der Waals surface area contributed by atoms with Crippen molar-refractivity contribution in [2.24, 2.45) is 17.8 Å². The average Bonchev–Trinajstić information content (AvgIpc) is 3.48. The number of hydrogen-bond donors (Lipinski definition) is 1. The van der Waals surface area contributed by atoms with Crippen LogP contribution < -0.4 is 15.8 Å². The van der Waals surface area contributed by atoms with Crippen LogP contribution in [0.25, 0.3) is 16.6 Å². The number of imide groups is 1. The van der Waals surface area contributed by atoms with Gasteiger partial charge in [-0.25, -0.2) is 14.3 Å². The van der Waals surface area contributed by atoms with E-state index in [1.54, 1.807) is 22.8 Å². The van der Waals surface area contributed by atoms with E-state index in [0.717, 1.165) is 5.56 Å². The van der Waals surface area contributed by atoms with Crippen molar-refractivity contribution in [2.45, 2.75) is 31.8 Å². The number of nitrogens with zero attached hydrogens (tertiary/aromatic N) is 3. The summed E-state index contributed by atoms with van der Waals surface area (Å²) in [5.41, 5.74) is 0.891. The van der Waals surface area contributed by atoms with Crippen LogP contribution in [0.3, 0.4) is 0 Å². The molecule has 0 unspecified atom stereocenters. The molecule has 0 bridgehead atoms. The fourth-order valence-electron chi connectivity index (χ4n) is 6.77. The summed E-state index contributed by atoms with van der Waals surface area (Å²) in [6, 6.07) is 19.7. The SMILES string of the molecule is CC(C)C[C@H]1N[C@]2(c3ccccc3-n3c2nc2ccccc2c3=O)[C@H]2C(=O)N(c3ccc(F)cc3)C(=O)[C@@H]12. The zero-order chi connectivity index (χ0) is 26.3. The molecule has 7 nitrogen and oxygen atoms in total. The Hall–Kier alpha value is -4.17. The molecule has 0 saturated carbocycles. The van der Waals surface area contributed by atoms with E-state index in [-0.39, 0.29) is 29.3 Å². The highest BCUT2D eigenvalue weighted by atomic mass is 19.1. The molecule has 4 atom stereocenters. The smallest absolute Gasteiger partial charge is 0.266 e. The van der Waals surface area contributed by atoms with Gasteiger partial charge in [-0.2, -0.15) is 0 Å². The van der Waals surface area contributed by atoms with E-state index in [4.69, 9.17) is 4.98 Å². The molecule has 3 aliphatic heterocycles. The number of amides is 2. The number of fused-ring (bicyclic) bond motifs is 8. The molecule has 0 aliphatic carbocycles. The summed E-state index contributed by atoms with van der Waals surface area (Å²) in [7, 11) is 0. The van der Waals surface area contributed by atoms with Crippen LogP contribution in [-0.4, -0.2) is 27.4 Å². The second-order valence-corrected chi connectivity index (χ2v) is 10.8. The first-order valence-corrected chi connectivity index (χ1v) is 12.9. The number of halogens is 1. The fraction of sp³-hybridized carbons (Fsp3) is 0.267. The Kier molecular flexibility index (Phi) is 4.79. The summed E-state index contributed by atoms with van der Waals surface area (Å²) in [4.78, 5) is 48.3. The van der Waals surface area contributed by atoms with Gasteiger partial charge in [0.05, 0.1) is 34.1 Å². The molecule has 1 N–H and O–H groups in total. The van der Waals surface area contributed by atoms with Crippen LogP contribution in [0.2, 0.25) is 0 Å². The molecule has 38 heavy (non-hydrogen) atoms. The summed E-state index contributed by atoms with van der Waals surface area (Å²) >= 11 is 0. The number of aromatic nitrogens is 2. The van der Waals surface area contributed by atoms with E-state index in [9.17, 15) is 18.8 Å². The highest BCUT2D eigenvalue weighted by Gasteiger charge is 2.69. The van der Waals surface area contributed by atoms with E-state index in [1.165, 1.54) is 29.2 Å². The van der Waals surface area contributed by atoms with Gasteiger partial charge < -0.3 is 0 Å². The normalized spacial score (nSPS) is 25.5. The van der Waals surface area contributed by atoms with Crippen molar-refractivity contribution in [1.82, 2.24) is 14.9 Å². The van der Waals surface area contributed by atoms with Crippen LogP contribution in [0, 0.1) is 23.6 Å². The Balaban J connectivity index is 1.52. The molecule has 2 fully saturated rings. The van der Waals surface area contributed by atoms with Crippen LogP contribution in [0.5, 0.6) is 0 Å². The largest absolute Gasteiger partial charge is 0.297 e. The standard InChI is InChI=1S/C30H25FN4O3/c1-16(2)15-22-24-25(28(38)34(27(24)37)18-13-11-17(31)12-14-18)30(33-22)20-8-4-6-10-23(20)35-26(36)19-7-3-5-9-21(19)32-29(30)35/h3-14,16,22,24-25,33H,15H2,1-2H3/t22-,24+,25-,30-/m1/s1. The first-order chi connectivity index (χ1) is 18.3. The van der Waals surface area contributed by atoms with Crippen molar-refractivity contribution in [3.8, 4) is 5.69 Å². The van der Waals surface area contributed by atoms with E-state index in [0.29, 0.717) is 34.5 Å². The van der Waals surface area contributed by atoms with Gasteiger partial charge in [0.15, 0.2) is 0 Å². The maximum absolute atomic E-state index is 14.3. The third kappa shape index (κ3) is 2.86. The topological polar surface area (TPSA) is 84.3 Å². The minimum Gasteiger partial charge on any atom is -0.297 e. The van der Waals surface area contributed by atoms with Gasteiger partial charge in [-0.15, -0.1) is 0 Å². The van der Waals surface area contributed by atoms with Crippen LogP contribution in [0.15, 0.2) is 77.6 Å². The Morgan fingerprint density at radius 1 is 0.947 bits per heavy atom. The first kappa shape index (κ1) is 23.0. The lowest BCUT2D eigenvalue weighted by atomic mass is 9.75. The molecule has 0 radical (unpaired) electrons. The van der Waals surface area contributed by atoms with Crippen LogP contribution in [0.1, 0.15) is 31.7 Å². The van der Waals surface area contributed by atoms with E-state index in [2.05, 4.69) is 19.2 Å². The number of rotatable bonds is 3. The predicted octanol–water partition coefficient (Wildman–Crippen LogP) is 3.91. The Labute approximate surface area is 217 Å². The van der Waals surface area contributed by atoms with Crippen LogP contribution in [0.4, 0.5) is 10.1 Å². The van der Waals surface area contributed by atoms with Crippen molar-refractivity contribution < 1.29 is 14.0 Å². The van der Waals surface area contributed by atoms with Crippen molar-refractivity contribution >= 4 is 28.4 Å². The van der Waals surface area contributed by atoms with Crippen LogP contribution >= 0.6 is 0 Å². The highest BCUT2D eigenvalue weighted by Crippen LogP contribution is 2.56. The molecule has 1 spiro atoms. The first-order valence-electron chi connectivity index (χ1n) is 12.9. The molecule has 190 valence electrons. The third-order valence-electron chi connectivity index (χ3n) is 8.17. The molecule has 2 amide bonds. The van der Waals surface area contributed by atoms with Crippen molar-refractivity contribution in [3.05, 3.63) is 100 Å². The van der Waals surface area contributed by atoms with E-state index < -0.39 is 23.2 Å². The monoisotopic (exact) mass is 508 g/mol. The minimum absolute atomic E-state index is 0.215. The lowest BCUT2D eigenvalue weighted by molar-refractivity contribution is -0.123. The molecule has 8 heteroatoms. The molecular weight excluding hydrogens is 483 g/mol. The Morgan fingerprint density at radius 3 is 2.42 bits per heavy atom. The second-order valence-electron chi connectivity index (χ2n) is 10.8. The van der Waals surface area contributed by atoms with Gasteiger partial charge in [-0.05, 0) is 54.8 Å². The van der Waals surface area contributed by atoms with Crippen molar-refractivity contribution in [2.75, 3.05) is 4.90 Å². The van der Waals surface area contributed by atoms with Crippen LogP contribution in [-0.2, 0) is 15.1 Å². The third-order valence-corrected chi connectivity index (χ3v) is 8.17. The van der Waals surface area contributed by atoms with Gasteiger partial charge >= 0.3 is 0 Å². The molecular formula is C30H25FN4O3. The molecule has 1 aromatic heterocycles. The van der Waals surface area contributed by atoms with Gasteiger partial charge in [-0.3, -0.25) is 24.3 Å². The zero-order valence-corrected chi connectivity index (χ0v) is 20.9. The predicted molar refractivity (Wildman–Crippen MR) is 140 cm³/mol.